The molecule has 1 saturated carbocycles. The molecule has 2 fully saturated rings. The maximum Gasteiger partial charge on any atom is 0.320 e. The number of carbonyl (C=O) groups is 1. The molecule has 4 heteroatoms. The lowest BCUT2D eigenvalue weighted by atomic mass is 10.1. The summed E-state index contributed by atoms with van der Waals surface area (Å²) < 4.78 is 5.57. The van der Waals surface area contributed by atoms with E-state index in [1.165, 1.54) is 25.7 Å². The summed E-state index contributed by atoms with van der Waals surface area (Å²) in [5.74, 6) is -0.0289. The zero-order valence-electron chi connectivity index (χ0n) is 10.6. The quantitative estimate of drug-likeness (QED) is 0.594. The van der Waals surface area contributed by atoms with Crippen LogP contribution in [0.15, 0.2) is 0 Å². The van der Waals surface area contributed by atoms with E-state index in [0.717, 1.165) is 39.0 Å². The van der Waals surface area contributed by atoms with E-state index in [-0.39, 0.29) is 12.1 Å². The van der Waals surface area contributed by atoms with Gasteiger partial charge in [-0.3, -0.25) is 9.69 Å². The first-order valence-electron chi connectivity index (χ1n) is 6.97. The zero-order valence-corrected chi connectivity index (χ0v) is 10.6. The van der Waals surface area contributed by atoms with Gasteiger partial charge in [-0.2, -0.15) is 0 Å². The van der Waals surface area contributed by atoms with Crippen LogP contribution in [0.4, 0.5) is 0 Å². The fourth-order valence-electron chi connectivity index (χ4n) is 2.63. The normalized spacial score (nSPS) is 24.2. The molecule has 0 bridgehead atoms. The molecule has 2 rings (SSSR count). The second kappa shape index (κ2) is 6.97. The molecule has 4 nitrogen and oxygen atoms in total. The zero-order chi connectivity index (χ0) is 11.9. The highest BCUT2D eigenvalue weighted by molar-refractivity contribution is 5.71. The molecule has 0 atom stereocenters. The average molecular weight is 240 g/mol. The van der Waals surface area contributed by atoms with Crippen LogP contribution in [-0.4, -0.2) is 49.7 Å². The third-order valence-electron chi connectivity index (χ3n) is 3.66. The standard InChI is InChI=1S/C13H24N2O2/c16-13(11-15-9-7-14-8-10-15)17-12-5-3-1-2-4-6-12/h12,14H,1-11H2. The van der Waals surface area contributed by atoms with Crippen molar-refractivity contribution in [2.24, 2.45) is 0 Å². The molecule has 0 aromatic rings. The number of piperazine rings is 1. The highest BCUT2D eigenvalue weighted by Gasteiger charge is 2.19. The van der Waals surface area contributed by atoms with Crippen LogP contribution in [0.25, 0.3) is 0 Å². The van der Waals surface area contributed by atoms with Crippen LogP contribution in [0.5, 0.6) is 0 Å². The van der Waals surface area contributed by atoms with E-state index in [4.69, 9.17) is 4.74 Å². The van der Waals surface area contributed by atoms with Crippen LogP contribution in [0.3, 0.4) is 0 Å². The predicted octanol–water partition coefficient (Wildman–Crippen LogP) is 1.16. The number of hydrogen-bond acceptors (Lipinski definition) is 4. The largest absolute Gasteiger partial charge is 0.461 e. The van der Waals surface area contributed by atoms with Gasteiger partial charge in [-0.25, -0.2) is 0 Å². The van der Waals surface area contributed by atoms with Gasteiger partial charge >= 0.3 is 5.97 Å². The summed E-state index contributed by atoms with van der Waals surface area (Å²) in [7, 11) is 0. The summed E-state index contributed by atoms with van der Waals surface area (Å²) in [5, 5.41) is 3.28. The van der Waals surface area contributed by atoms with Crippen LogP contribution < -0.4 is 5.32 Å². The van der Waals surface area contributed by atoms with Crippen molar-refractivity contribution < 1.29 is 9.53 Å². The van der Waals surface area contributed by atoms with E-state index in [1.807, 2.05) is 0 Å². The molecule has 0 aromatic carbocycles. The summed E-state index contributed by atoms with van der Waals surface area (Å²) in [6.45, 7) is 4.35. The van der Waals surface area contributed by atoms with Crippen molar-refractivity contribution in [3.8, 4) is 0 Å². The summed E-state index contributed by atoms with van der Waals surface area (Å²) in [5.41, 5.74) is 0. The monoisotopic (exact) mass is 240 g/mol. The number of nitrogens with one attached hydrogen (secondary N) is 1. The van der Waals surface area contributed by atoms with Crippen LogP contribution >= 0.6 is 0 Å². The summed E-state index contributed by atoms with van der Waals surface area (Å²) in [6.07, 6.45) is 7.34. The highest BCUT2D eigenvalue weighted by atomic mass is 16.5. The van der Waals surface area contributed by atoms with Gasteiger partial charge in [0.2, 0.25) is 0 Å². The lowest BCUT2D eigenvalue weighted by Gasteiger charge is -2.27. The predicted molar refractivity (Wildman–Crippen MR) is 66.9 cm³/mol. The van der Waals surface area contributed by atoms with Crippen LogP contribution in [0, 0.1) is 0 Å². The van der Waals surface area contributed by atoms with Gasteiger partial charge in [-0.05, 0) is 25.7 Å². The highest BCUT2D eigenvalue weighted by Crippen LogP contribution is 2.19. The van der Waals surface area contributed by atoms with Gasteiger partial charge < -0.3 is 10.1 Å². The molecule has 0 radical (unpaired) electrons. The average Bonchev–Trinajstić information content (AvgIpc) is 2.59. The Hall–Kier alpha value is -0.610. The molecule has 2 aliphatic rings. The summed E-state index contributed by atoms with van der Waals surface area (Å²) in [6, 6.07) is 0. The fourth-order valence-corrected chi connectivity index (χ4v) is 2.63. The Morgan fingerprint density at radius 2 is 1.76 bits per heavy atom. The summed E-state index contributed by atoms with van der Waals surface area (Å²) in [4.78, 5) is 14.0. The van der Waals surface area contributed by atoms with Gasteiger partial charge in [0.15, 0.2) is 0 Å². The number of rotatable bonds is 3. The summed E-state index contributed by atoms with van der Waals surface area (Å²) >= 11 is 0. The molecule has 1 aliphatic carbocycles. The number of nitrogens with zero attached hydrogens (tertiary/aromatic N) is 1. The first kappa shape index (κ1) is 12.8. The van der Waals surface area contributed by atoms with Gasteiger partial charge in [0, 0.05) is 26.2 Å². The number of ether oxygens (including phenoxy) is 1. The Morgan fingerprint density at radius 3 is 2.41 bits per heavy atom. The second-order valence-electron chi connectivity index (χ2n) is 5.13. The van der Waals surface area contributed by atoms with Crippen molar-refractivity contribution >= 4 is 5.97 Å². The number of esters is 1. The fraction of sp³-hybridized carbons (Fsp3) is 0.923. The molecule has 0 amide bonds. The molecule has 1 aliphatic heterocycles. The third kappa shape index (κ3) is 4.64. The van der Waals surface area contributed by atoms with E-state index in [9.17, 15) is 4.79 Å². The Bertz CT molecular complexity index is 232. The van der Waals surface area contributed by atoms with Gasteiger partial charge in [0.1, 0.15) is 6.10 Å². The van der Waals surface area contributed by atoms with Crippen LogP contribution in [0.2, 0.25) is 0 Å². The molecule has 98 valence electrons. The second-order valence-corrected chi connectivity index (χ2v) is 5.13. The lowest BCUT2D eigenvalue weighted by Crippen LogP contribution is -2.46. The van der Waals surface area contributed by atoms with Gasteiger partial charge in [0.05, 0.1) is 6.54 Å². The van der Waals surface area contributed by atoms with Gasteiger partial charge in [-0.1, -0.05) is 12.8 Å². The van der Waals surface area contributed by atoms with Crippen molar-refractivity contribution in [2.75, 3.05) is 32.7 Å². The van der Waals surface area contributed by atoms with Crippen LogP contribution in [0.1, 0.15) is 38.5 Å². The maximum atomic E-state index is 11.8. The van der Waals surface area contributed by atoms with Gasteiger partial charge in [0.25, 0.3) is 0 Å². The topological polar surface area (TPSA) is 41.6 Å². The van der Waals surface area contributed by atoms with Crippen molar-refractivity contribution in [3.63, 3.8) is 0 Å². The third-order valence-corrected chi connectivity index (χ3v) is 3.66. The van der Waals surface area contributed by atoms with Crippen molar-refractivity contribution in [1.29, 1.82) is 0 Å². The van der Waals surface area contributed by atoms with E-state index in [2.05, 4.69) is 10.2 Å². The minimum atomic E-state index is -0.0289. The molecule has 1 saturated heterocycles. The van der Waals surface area contributed by atoms with Crippen LogP contribution in [-0.2, 0) is 9.53 Å². The van der Waals surface area contributed by atoms with E-state index < -0.39 is 0 Å². The van der Waals surface area contributed by atoms with Crippen molar-refractivity contribution in [2.45, 2.75) is 44.6 Å². The van der Waals surface area contributed by atoms with Crippen molar-refractivity contribution in [1.82, 2.24) is 10.2 Å². The van der Waals surface area contributed by atoms with E-state index in [1.54, 1.807) is 0 Å². The molecule has 0 unspecified atom stereocenters. The Balaban J connectivity index is 1.68. The first-order chi connectivity index (χ1) is 8.34. The molecule has 17 heavy (non-hydrogen) atoms. The van der Waals surface area contributed by atoms with E-state index in [0.29, 0.717) is 6.54 Å². The molecule has 0 spiro atoms. The smallest absolute Gasteiger partial charge is 0.320 e. The van der Waals surface area contributed by atoms with Crippen molar-refractivity contribution in [3.05, 3.63) is 0 Å². The Kier molecular flexibility index (Phi) is 5.26. The van der Waals surface area contributed by atoms with E-state index >= 15 is 0 Å². The van der Waals surface area contributed by atoms with Gasteiger partial charge in [-0.15, -0.1) is 0 Å². The maximum absolute atomic E-state index is 11.8. The Morgan fingerprint density at radius 1 is 1.12 bits per heavy atom. The molecular formula is C13H24N2O2. The number of carbonyl (C=O) groups excluding carboxylic acids is 1. The minimum absolute atomic E-state index is 0.0289. The minimum Gasteiger partial charge on any atom is -0.461 e. The molecule has 0 aromatic heterocycles. The Labute approximate surface area is 104 Å². The number of hydrogen-bond donors (Lipinski definition) is 1. The molecule has 1 heterocycles. The lowest BCUT2D eigenvalue weighted by molar-refractivity contribution is -0.151. The first-order valence-corrected chi connectivity index (χ1v) is 6.97. The molecule has 1 N–H and O–H groups in total. The SMILES string of the molecule is O=C(CN1CCNCC1)OC1CCCCCC1. The molecular weight excluding hydrogens is 216 g/mol.